The lowest BCUT2D eigenvalue weighted by Gasteiger charge is -2.20. The molecule has 1 heterocycles. The SMILES string of the molecule is CNC(=O)C(C)(N)c1cc2ccccc2s1.Cl. The Hall–Kier alpha value is -1.10. The zero-order chi connectivity index (χ0) is 11.8. The number of carbonyl (C=O) groups is 1. The quantitative estimate of drug-likeness (QED) is 0.879. The molecule has 0 aliphatic heterocycles. The molecule has 5 heteroatoms. The van der Waals surface area contributed by atoms with Crippen molar-refractivity contribution in [2.75, 3.05) is 7.05 Å². The fraction of sp³-hybridized carbons (Fsp3) is 0.250. The summed E-state index contributed by atoms with van der Waals surface area (Å²) in [5.74, 6) is -0.168. The van der Waals surface area contributed by atoms with E-state index in [1.807, 2.05) is 30.3 Å². The average Bonchev–Trinajstić information content (AvgIpc) is 2.72. The molecular weight excluding hydrogens is 256 g/mol. The topological polar surface area (TPSA) is 55.1 Å². The van der Waals surface area contributed by atoms with Gasteiger partial charge in [0.05, 0.1) is 0 Å². The van der Waals surface area contributed by atoms with E-state index in [9.17, 15) is 4.79 Å². The summed E-state index contributed by atoms with van der Waals surface area (Å²) in [6.45, 7) is 1.73. The molecule has 3 nitrogen and oxygen atoms in total. The van der Waals surface area contributed by atoms with Gasteiger partial charge in [-0.1, -0.05) is 18.2 Å². The Kier molecular flexibility index (Phi) is 4.14. The first-order chi connectivity index (χ1) is 7.55. The molecule has 0 spiro atoms. The summed E-state index contributed by atoms with van der Waals surface area (Å²) < 4.78 is 1.15. The van der Waals surface area contributed by atoms with E-state index in [4.69, 9.17) is 5.73 Å². The van der Waals surface area contributed by atoms with Crippen LogP contribution in [0.25, 0.3) is 10.1 Å². The van der Waals surface area contributed by atoms with Crippen LogP contribution in [0.5, 0.6) is 0 Å². The van der Waals surface area contributed by atoms with E-state index in [1.54, 1.807) is 25.3 Å². The minimum absolute atomic E-state index is 0. The first-order valence-corrected chi connectivity index (χ1v) is 5.87. The second kappa shape index (κ2) is 5.04. The third-order valence-electron chi connectivity index (χ3n) is 2.64. The molecule has 92 valence electrons. The highest BCUT2D eigenvalue weighted by atomic mass is 35.5. The zero-order valence-corrected chi connectivity index (χ0v) is 11.3. The summed E-state index contributed by atoms with van der Waals surface area (Å²) in [4.78, 5) is 12.6. The van der Waals surface area contributed by atoms with Crippen LogP contribution in [0.15, 0.2) is 30.3 Å². The molecule has 1 atom stereocenters. The van der Waals surface area contributed by atoms with Crippen LogP contribution in [0.1, 0.15) is 11.8 Å². The van der Waals surface area contributed by atoms with Gasteiger partial charge >= 0.3 is 0 Å². The van der Waals surface area contributed by atoms with Gasteiger partial charge in [0, 0.05) is 16.6 Å². The monoisotopic (exact) mass is 270 g/mol. The Morgan fingerprint density at radius 2 is 2.06 bits per heavy atom. The van der Waals surface area contributed by atoms with Gasteiger partial charge in [-0.3, -0.25) is 4.79 Å². The molecule has 2 rings (SSSR count). The largest absolute Gasteiger partial charge is 0.357 e. The number of hydrogen-bond acceptors (Lipinski definition) is 3. The molecule has 0 radical (unpaired) electrons. The van der Waals surface area contributed by atoms with Crippen LogP contribution in [0, 0.1) is 0 Å². The van der Waals surface area contributed by atoms with E-state index in [-0.39, 0.29) is 18.3 Å². The molecule has 1 amide bonds. The fourth-order valence-corrected chi connectivity index (χ4v) is 2.73. The number of thiophene rings is 1. The van der Waals surface area contributed by atoms with Gasteiger partial charge in [-0.15, -0.1) is 23.7 Å². The Balaban J connectivity index is 0.00000144. The van der Waals surface area contributed by atoms with Crippen LogP contribution in [-0.2, 0) is 10.3 Å². The number of halogens is 1. The van der Waals surface area contributed by atoms with E-state index < -0.39 is 5.54 Å². The first kappa shape index (κ1) is 14.0. The average molecular weight is 271 g/mol. The van der Waals surface area contributed by atoms with Gasteiger partial charge < -0.3 is 11.1 Å². The van der Waals surface area contributed by atoms with Crippen LogP contribution in [0.4, 0.5) is 0 Å². The molecule has 0 saturated heterocycles. The Morgan fingerprint density at radius 3 is 2.65 bits per heavy atom. The summed E-state index contributed by atoms with van der Waals surface area (Å²) in [5, 5.41) is 3.72. The van der Waals surface area contributed by atoms with Gasteiger partial charge in [0.15, 0.2) is 0 Å². The van der Waals surface area contributed by atoms with Crippen LogP contribution >= 0.6 is 23.7 Å². The molecule has 1 aromatic heterocycles. The molecule has 0 saturated carbocycles. The maximum Gasteiger partial charge on any atom is 0.244 e. The van der Waals surface area contributed by atoms with Crippen molar-refractivity contribution < 1.29 is 4.79 Å². The van der Waals surface area contributed by atoms with Crippen molar-refractivity contribution in [3.05, 3.63) is 35.2 Å². The smallest absolute Gasteiger partial charge is 0.244 e. The molecule has 0 aliphatic carbocycles. The summed E-state index contributed by atoms with van der Waals surface area (Å²) in [6, 6.07) is 10.00. The Morgan fingerprint density at radius 1 is 1.41 bits per heavy atom. The number of nitrogens with one attached hydrogen (secondary N) is 1. The Labute approximate surface area is 110 Å². The summed E-state index contributed by atoms with van der Waals surface area (Å²) in [7, 11) is 1.60. The second-order valence-electron chi connectivity index (χ2n) is 3.93. The zero-order valence-electron chi connectivity index (χ0n) is 9.69. The number of benzene rings is 1. The van der Waals surface area contributed by atoms with Gasteiger partial charge in [-0.25, -0.2) is 0 Å². The number of fused-ring (bicyclic) bond motifs is 1. The van der Waals surface area contributed by atoms with Crippen molar-refractivity contribution in [2.24, 2.45) is 5.73 Å². The minimum atomic E-state index is -0.960. The van der Waals surface area contributed by atoms with Crippen LogP contribution in [-0.4, -0.2) is 13.0 Å². The number of hydrogen-bond donors (Lipinski definition) is 2. The molecule has 0 bridgehead atoms. The lowest BCUT2D eigenvalue weighted by atomic mass is 10.0. The Bertz CT molecular complexity index is 503. The summed E-state index contributed by atoms with van der Waals surface area (Å²) in [6.07, 6.45) is 0. The molecule has 17 heavy (non-hydrogen) atoms. The van der Waals surface area contributed by atoms with E-state index in [1.165, 1.54) is 0 Å². The van der Waals surface area contributed by atoms with Crippen molar-refractivity contribution >= 4 is 39.7 Å². The van der Waals surface area contributed by atoms with Gasteiger partial charge in [0.1, 0.15) is 5.54 Å². The van der Waals surface area contributed by atoms with Crippen molar-refractivity contribution in [1.29, 1.82) is 0 Å². The van der Waals surface area contributed by atoms with Gasteiger partial charge in [0.2, 0.25) is 5.91 Å². The molecule has 1 unspecified atom stereocenters. The summed E-state index contributed by atoms with van der Waals surface area (Å²) in [5.41, 5.74) is 5.09. The third kappa shape index (κ3) is 2.44. The molecular formula is C12H15ClN2OS. The second-order valence-corrected chi connectivity index (χ2v) is 5.01. The highest BCUT2D eigenvalue weighted by Gasteiger charge is 2.31. The van der Waals surface area contributed by atoms with Crippen molar-refractivity contribution in [1.82, 2.24) is 5.32 Å². The van der Waals surface area contributed by atoms with E-state index >= 15 is 0 Å². The molecule has 1 aromatic carbocycles. The number of nitrogens with two attached hydrogens (primary N) is 1. The third-order valence-corrected chi connectivity index (χ3v) is 3.99. The first-order valence-electron chi connectivity index (χ1n) is 5.06. The number of likely N-dealkylation sites (N-methyl/N-ethyl adjacent to an activating group) is 1. The number of rotatable bonds is 2. The lowest BCUT2D eigenvalue weighted by molar-refractivity contribution is -0.125. The van der Waals surface area contributed by atoms with Gasteiger partial charge in [-0.2, -0.15) is 0 Å². The van der Waals surface area contributed by atoms with Gasteiger partial charge in [0.25, 0.3) is 0 Å². The minimum Gasteiger partial charge on any atom is -0.357 e. The van der Waals surface area contributed by atoms with E-state index in [2.05, 4.69) is 5.32 Å². The molecule has 0 aliphatic rings. The maximum absolute atomic E-state index is 11.7. The highest BCUT2D eigenvalue weighted by molar-refractivity contribution is 7.19. The fourth-order valence-electron chi connectivity index (χ4n) is 1.61. The van der Waals surface area contributed by atoms with Crippen LogP contribution < -0.4 is 11.1 Å². The van der Waals surface area contributed by atoms with Crippen LogP contribution in [0.3, 0.4) is 0 Å². The summed E-state index contributed by atoms with van der Waals surface area (Å²) >= 11 is 1.56. The van der Waals surface area contributed by atoms with Crippen LogP contribution in [0.2, 0.25) is 0 Å². The normalized spacial score (nSPS) is 13.8. The number of amides is 1. The van der Waals surface area contributed by atoms with E-state index in [0.29, 0.717) is 0 Å². The van der Waals surface area contributed by atoms with Crippen molar-refractivity contribution in [2.45, 2.75) is 12.5 Å². The standard InChI is InChI=1S/C12H14N2OS.ClH/c1-12(13,11(15)14-2)10-7-8-5-3-4-6-9(8)16-10;/h3-7H,13H2,1-2H3,(H,14,15);1H. The van der Waals surface area contributed by atoms with Crippen molar-refractivity contribution in [3.63, 3.8) is 0 Å². The maximum atomic E-state index is 11.7. The van der Waals surface area contributed by atoms with Crippen molar-refractivity contribution in [3.8, 4) is 0 Å². The number of carbonyl (C=O) groups excluding carboxylic acids is 1. The molecule has 3 N–H and O–H groups in total. The molecule has 0 fully saturated rings. The molecule has 2 aromatic rings. The predicted molar refractivity (Wildman–Crippen MR) is 74.7 cm³/mol. The highest BCUT2D eigenvalue weighted by Crippen LogP contribution is 2.31. The van der Waals surface area contributed by atoms with Gasteiger partial charge in [-0.05, 0) is 24.4 Å². The van der Waals surface area contributed by atoms with E-state index in [0.717, 1.165) is 15.0 Å². The predicted octanol–water partition coefficient (Wildman–Crippen LogP) is 2.24. The lowest BCUT2D eigenvalue weighted by Crippen LogP contribution is -2.47.